The second-order valence-electron chi connectivity index (χ2n) is 7.89. The van der Waals surface area contributed by atoms with E-state index in [0.717, 1.165) is 22.5 Å². The highest BCUT2D eigenvalue weighted by Gasteiger charge is 2.12. The van der Waals surface area contributed by atoms with Crippen LogP contribution in [0, 0.1) is 22.7 Å². The molecular weight excluding hydrogens is 408 g/mol. The molecule has 0 saturated carbocycles. The lowest BCUT2D eigenvalue weighted by molar-refractivity contribution is 0.332. The molecule has 5 heteroatoms. The number of ether oxygens (including phenoxy) is 1. The first kappa shape index (κ1) is 23.2. The Labute approximate surface area is 195 Å². The number of allylic oxidation sites excluding steroid dienone is 6. The predicted octanol–water partition coefficient (Wildman–Crippen LogP) is 5.69. The standard InChI is InChI=1S/C28H26N4O/c1-31(2)25-11-5-21(6-12-25)9-15-27-17-23(24(19-29)20-30)18-28(33-27)16-10-22-7-13-26(14-8-22)32(3)4/h5-18H,1-4H3/b15-9+,16-10+. The maximum Gasteiger partial charge on any atom is 0.137 e. The summed E-state index contributed by atoms with van der Waals surface area (Å²) in [5.74, 6) is 1.10. The third-order valence-electron chi connectivity index (χ3n) is 5.04. The van der Waals surface area contributed by atoms with Gasteiger partial charge in [-0.05, 0) is 59.7 Å². The van der Waals surface area contributed by atoms with Crippen LogP contribution >= 0.6 is 0 Å². The molecule has 0 radical (unpaired) electrons. The van der Waals surface area contributed by atoms with Crippen LogP contribution in [-0.2, 0) is 4.74 Å². The molecule has 2 aromatic rings. The summed E-state index contributed by atoms with van der Waals surface area (Å²) < 4.78 is 6.00. The zero-order chi connectivity index (χ0) is 23.8. The second kappa shape index (κ2) is 10.7. The topological polar surface area (TPSA) is 63.3 Å². The van der Waals surface area contributed by atoms with E-state index >= 15 is 0 Å². The van der Waals surface area contributed by atoms with Gasteiger partial charge >= 0.3 is 0 Å². The van der Waals surface area contributed by atoms with E-state index in [2.05, 4.69) is 0 Å². The number of hydrogen-bond donors (Lipinski definition) is 0. The molecular formula is C28H26N4O. The quantitative estimate of drug-likeness (QED) is 0.547. The van der Waals surface area contributed by atoms with E-state index in [-0.39, 0.29) is 5.57 Å². The molecule has 0 spiro atoms. The fourth-order valence-corrected chi connectivity index (χ4v) is 3.13. The van der Waals surface area contributed by atoms with E-state index in [4.69, 9.17) is 4.74 Å². The molecule has 3 rings (SSSR count). The summed E-state index contributed by atoms with van der Waals surface area (Å²) >= 11 is 0. The van der Waals surface area contributed by atoms with Gasteiger partial charge in [0.1, 0.15) is 29.2 Å². The van der Waals surface area contributed by atoms with Crippen LogP contribution in [0.4, 0.5) is 11.4 Å². The van der Waals surface area contributed by atoms with E-state index in [9.17, 15) is 10.5 Å². The highest BCUT2D eigenvalue weighted by molar-refractivity contribution is 5.62. The van der Waals surface area contributed by atoms with Gasteiger partial charge in [-0.2, -0.15) is 10.5 Å². The van der Waals surface area contributed by atoms with Crippen LogP contribution in [0.5, 0.6) is 0 Å². The molecule has 5 nitrogen and oxygen atoms in total. The molecule has 0 aliphatic carbocycles. The Morgan fingerprint density at radius 2 is 1.06 bits per heavy atom. The van der Waals surface area contributed by atoms with E-state index in [0.29, 0.717) is 17.1 Å². The summed E-state index contributed by atoms with van der Waals surface area (Å²) in [5.41, 5.74) is 4.84. The maximum absolute atomic E-state index is 9.33. The zero-order valence-corrected chi connectivity index (χ0v) is 19.3. The van der Waals surface area contributed by atoms with Crippen molar-refractivity contribution in [3.05, 3.63) is 107 Å². The summed E-state index contributed by atoms with van der Waals surface area (Å²) in [5, 5.41) is 18.7. The van der Waals surface area contributed by atoms with Crippen molar-refractivity contribution in [1.82, 2.24) is 0 Å². The van der Waals surface area contributed by atoms with Crippen molar-refractivity contribution in [3.63, 3.8) is 0 Å². The minimum atomic E-state index is 0.0424. The second-order valence-corrected chi connectivity index (χ2v) is 7.89. The van der Waals surface area contributed by atoms with Crippen LogP contribution in [0.2, 0.25) is 0 Å². The number of hydrogen-bond acceptors (Lipinski definition) is 5. The third kappa shape index (κ3) is 6.26. The fraction of sp³-hybridized carbons (Fsp3) is 0.143. The van der Waals surface area contributed by atoms with Crippen molar-refractivity contribution < 1.29 is 4.74 Å². The van der Waals surface area contributed by atoms with Crippen molar-refractivity contribution >= 4 is 23.5 Å². The maximum atomic E-state index is 9.33. The highest BCUT2D eigenvalue weighted by atomic mass is 16.5. The Morgan fingerprint density at radius 1 is 0.667 bits per heavy atom. The lowest BCUT2D eigenvalue weighted by atomic mass is 10.1. The minimum absolute atomic E-state index is 0.0424. The monoisotopic (exact) mass is 434 g/mol. The van der Waals surface area contributed by atoms with Crippen molar-refractivity contribution in [1.29, 1.82) is 10.5 Å². The summed E-state index contributed by atoms with van der Waals surface area (Å²) in [7, 11) is 8.00. The van der Waals surface area contributed by atoms with Crippen molar-refractivity contribution in [2.24, 2.45) is 0 Å². The van der Waals surface area contributed by atoms with Crippen LogP contribution in [0.25, 0.3) is 12.2 Å². The van der Waals surface area contributed by atoms with E-state index in [1.807, 2.05) is 123 Å². The number of nitriles is 2. The largest absolute Gasteiger partial charge is 0.457 e. The number of rotatable bonds is 6. The number of benzene rings is 2. The van der Waals surface area contributed by atoms with Gasteiger partial charge in [0.15, 0.2) is 0 Å². The molecule has 1 aliphatic heterocycles. The van der Waals surface area contributed by atoms with Crippen LogP contribution in [0.3, 0.4) is 0 Å². The van der Waals surface area contributed by atoms with Crippen LogP contribution in [0.15, 0.2) is 95.5 Å². The smallest absolute Gasteiger partial charge is 0.137 e. The Morgan fingerprint density at radius 3 is 1.39 bits per heavy atom. The van der Waals surface area contributed by atoms with Crippen molar-refractivity contribution in [2.45, 2.75) is 0 Å². The summed E-state index contributed by atoms with van der Waals surface area (Å²) in [6.45, 7) is 0. The molecule has 0 saturated heterocycles. The molecule has 1 aliphatic rings. The highest BCUT2D eigenvalue weighted by Crippen LogP contribution is 2.25. The van der Waals surface area contributed by atoms with Gasteiger partial charge < -0.3 is 14.5 Å². The zero-order valence-electron chi connectivity index (χ0n) is 19.3. The Hall–Kier alpha value is -4.48. The molecule has 0 atom stereocenters. The molecule has 0 amide bonds. The molecule has 0 N–H and O–H groups in total. The van der Waals surface area contributed by atoms with Crippen LogP contribution < -0.4 is 9.80 Å². The minimum Gasteiger partial charge on any atom is -0.457 e. The number of anilines is 2. The Balaban J connectivity index is 1.84. The Bertz CT molecular complexity index is 1130. The first-order valence-electron chi connectivity index (χ1n) is 10.5. The van der Waals surface area contributed by atoms with Gasteiger partial charge in [0.25, 0.3) is 0 Å². The van der Waals surface area contributed by atoms with Gasteiger partial charge in [-0.15, -0.1) is 0 Å². The molecule has 0 aromatic heterocycles. The molecule has 0 bridgehead atoms. The summed E-state index contributed by atoms with van der Waals surface area (Å²) in [6.07, 6.45) is 11.0. The van der Waals surface area contributed by atoms with Gasteiger partial charge in [0, 0.05) is 45.1 Å². The first-order chi connectivity index (χ1) is 15.9. The first-order valence-corrected chi connectivity index (χ1v) is 10.5. The average Bonchev–Trinajstić information content (AvgIpc) is 2.82. The molecule has 2 aromatic carbocycles. The van der Waals surface area contributed by atoms with Gasteiger partial charge in [0.2, 0.25) is 0 Å². The molecule has 0 unspecified atom stereocenters. The van der Waals surface area contributed by atoms with Gasteiger partial charge in [0.05, 0.1) is 0 Å². The van der Waals surface area contributed by atoms with Gasteiger partial charge in [-0.25, -0.2) is 0 Å². The van der Waals surface area contributed by atoms with Crippen LogP contribution in [0.1, 0.15) is 11.1 Å². The third-order valence-corrected chi connectivity index (χ3v) is 5.04. The summed E-state index contributed by atoms with van der Waals surface area (Å²) in [6, 6.07) is 20.2. The Kier molecular flexibility index (Phi) is 7.52. The molecule has 1 heterocycles. The normalized spacial score (nSPS) is 13.1. The average molecular weight is 435 g/mol. The van der Waals surface area contributed by atoms with E-state index in [1.165, 1.54) is 0 Å². The molecule has 164 valence electrons. The predicted molar refractivity (Wildman–Crippen MR) is 135 cm³/mol. The fourth-order valence-electron chi connectivity index (χ4n) is 3.13. The SMILES string of the molecule is CN(C)c1ccc(/C=C/C2=CC(=C(C#N)C#N)C=C(/C=C/c3ccc(N(C)C)cc3)O2)cc1. The van der Waals surface area contributed by atoms with Crippen molar-refractivity contribution in [3.8, 4) is 12.1 Å². The molecule has 33 heavy (non-hydrogen) atoms. The van der Waals surface area contributed by atoms with Crippen molar-refractivity contribution in [2.75, 3.05) is 38.0 Å². The summed E-state index contributed by atoms with van der Waals surface area (Å²) in [4.78, 5) is 4.08. The van der Waals surface area contributed by atoms with Crippen LogP contribution in [-0.4, -0.2) is 28.2 Å². The lowest BCUT2D eigenvalue weighted by Gasteiger charge is -2.14. The molecule has 0 fully saturated rings. The van der Waals surface area contributed by atoms with Gasteiger partial charge in [-0.1, -0.05) is 36.4 Å². The van der Waals surface area contributed by atoms with E-state index in [1.54, 1.807) is 12.2 Å². The number of nitrogens with zero attached hydrogens (tertiary/aromatic N) is 4. The van der Waals surface area contributed by atoms with Gasteiger partial charge in [-0.3, -0.25) is 0 Å². The lowest BCUT2D eigenvalue weighted by Crippen LogP contribution is -2.07. The van der Waals surface area contributed by atoms with E-state index < -0.39 is 0 Å².